The number of halogens is 1. The van der Waals surface area contributed by atoms with Gasteiger partial charge in [-0.05, 0) is 18.4 Å². The first-order chi connectivity index (χ1) is 11.2. The van der Waals surface area contributed by atoms with Crippen LogP contribution in [0.2, 0.25) is 5.02 Å². The van der Waals surface area contributed by atoms with Gasteiger partial charge >= 0.3 is 0 Å². The lowest BCUT2D eigenvalue weighted by atomic mass is 9.95. The van der Waals surface area contributed by atoms with E-state index in [1.165, 1.54) is 0 Å². The quantitative estimate of drug-likeness (QED) is 0.932. The van der Waals surface area contributed by atoms with Gasteiger partial charge in [0.1, 0.15) is 13.2 Å². The zero-order valence-electron chi connectivity index (χ0n) is 12.5. The molecule has 4 nitrogen and oxygen atoms in total. The molecule has 5 heteroatoms. The first kappa shape index (κ1) is 14.4. The Labute approximate surface area is 139 Å². The molecule has 1 amide bonds. The van der Waals surface area contributed by atoms with Gasteiger partial charge in [-0.2, -0.15) is 0 Å². The smallest absolute Gasteiger partial charge is 0.235 e. The van der Waals surface area contributed by atoms with Crippen molar-refractivity contribution in [1.82, 2.24) is 0 Å². The standard InChI is InChI=1S/C18H16ClNO3/c19-13-10-15-16(23-9-8-22-15)11-14(13)20-17(21)18(6-7-18)12-4-2-1-3-5-12/h1-5,10-11H,6-9H2,(H,20,21). The third-order valence-corrected chi connectivity index (χ3v) is 4.70. The summed E-state index contributed by atoms with van der Waals surface area (Å²) >= 11 is 6.27. The Morgan fingerprint density at radius 3 is 2.35 bits per heavy atom. The van der Waals surface area contributed by atoms with Crippen LogP contribution in [0.3, 0.4) is 0 Å². The van der Waals surface area contributed by atoms with Gasteiger partial charge in [0, 0.05) is 12.1 Å². The molecule has 0 bridgehead atoms. The first-order valence-electron chi connectivity index (χ1n) is 7.65. The molecule has 2 aromatic carbocycles. The molecule has 0 radical (unpaired) electrons. The summed E-state index contributed by atoms with van der Waals surface area (Å²) in [6, 6.07) is 13.3. The van der Waals surface area contributed by atoms with E-state index in [2.05, 4.69) is 5.32 Å². The average Bonchev–Trinajstić information content (AvgIpc) is 3.38. The van der Waals surface area contributed by atoms with Crippen molar-refractivity contribution >= 4 is 23.2 Å². The average molecular weight is 330 g/mol. The Hall–Kier alpha value is -2.20. The molecule has 0 saturated heterocycles. The van der Waals surface area contributed by atoms with E-state index in [4.69, 9.17) is 21.1 Å². The lowest BCUT2D eigenvalue weighted by molar-refractivity contribution is -0.118. The third kappa shape index (κ3) is 2.53. The largest absolute Gasteiger partial charge is 0.486 e. The molecule has 2 aliphatic rings. The first-order valence-corrected chi connectivity index (χ1v) is 8.03. The van der Waals surface area contributed by atoms with Crippen molar-refractivity contribution in [3.8, 4) is 11.5 Å². The van der Waals surface area contributed by atoms with E-state index in [-0.39, 0.29) is 5.91 Å². The molecule has 0 atom stereocenters. The molecule has 1 heterocycles. The zero-order chi connectivity index (χ0) is 15.9. The van der Waals surface area contributed by atoms with Gasteiger partial charge in [-0.15, -0.1) is 0 Å². The molecule has 1 saturated carbocycles. The van der Waals surface area contributed by atoms with Crippen LogP contribution in [0.1, 0.15) is 18.4 Å². The van der Waals surface area contributed by atoms with E-state index in [1.54, 1.807) is 12.1 Å². The van der Waals surface area contributed by atoms with E-state index in [1.807, 2.05) is 30.3 Å². The Morgan fingerprint density at radius 1 is 1.04 bits per heavy atom. The number of nitrogens with one attached hydrogen (secondary N) is 1. The molecule has 2 aromatic rings. The molecule has 1 N–H and O–H groups in total. The molecule has 0 aromatic heterocycles. The fraction of sp³-hybridized carbons (Fsp3) is 0.278. The van der Waals surface area contributed by atoms with E-state index < -0.39 is 5.41 Å². The van der Waals surface area contributed by atoms with E-state index in [9.17, 15) is 4.79 Å². The molecular weight excluding hydrogens is 314 g/mol. The molecule has 1 aliphatic heterocycles. The maximum Gasteiger partial charge on any atom is 0.235 e. The summed E-state index contributed by atoms with van der Waals surface area (Å²) in [4.78, 5) is 12.8. The van der Waals surface area contributed by atoms with Gasteiger partial charge in [-0.25, -0.2) is 0 Å². The number of carbonyl (C=O) groups is 1. The lowest BCUT2D eigenvalue weighted by Gasteiger charge is -2.21. The summed E-state index contributed by atoms with van der Waals surface area (Å²) in [6.07, 6.45) is 1.70. The molecule has 0 unspecified atom stereocenters. The van der Waals surface area contributed by atoms with Crippen LogP contribution in [0.25, 0.3) is 0 Å². The molecule has 23 heavy (non-hydrogen) atoms. The number of anilines is 1. The van der Waals surface area contributed by atoms with Crippen molar-refractivity contribution in [1.29, 1.82) is 0 Å². The summed E-state index contributed by atoms with van der Waals surface area (Å²) in [5, 5.41) is 3.41. The van der Waals surface area contributed by atoms with E-state index in [0.29, 0.717) is 35.4 Å². The van der Waals surface area contributed by atoms with Crippen LogP contribution in [-0.2, 0) is 10.2 Å². The van der Waals surface area contributed by atoms with Crippen molar-refractivity contribution in [2.45, 2.75) is 18.3 Å². The van der Waals surface area contributed by atoms with Crippen molar-refractivity contribution in [3.05, 3.63) is 53.1 Å². The molecule has 0 spiro atoms. The fourth-order valence-electron chi connectivity index (χ4n) is 2.93. The minimum absolute atomic E-state index is 0.0257. The normalized spacial score (nSPS) is 17.4. The maximum absolute atomic E-state index is 12.8. The van der Waals surface area contributed by atoms with Crippen LogP contribution in [0, 0.1) is 0 Å². The number of fused-ring (bicyclic) bond motifs is 1. The molecular formula is C18H16ClNO3. The van der Waals surface area contributed by atoms with Gasteiger partial charge in [0.05, 0.1) is 16.1 Å². The highest BCUT2D eigenvalue weighted by molar-refractivity contribution is 6.34. The number of amides is 1. The number of hydrogen-bond acceptors (Lipinski definition) is 3. The van der Waals surface area contributed by atoms with Crippen LogP contribution >= 0.6 is 11.6 Å². The highest BCUT2D eigenvalue weighted by Gasteiger charge is 2.51. The summed E-state index contributed by atoms with van der Waals surface area (Å²) in [7, 11) is 0. The number of benzene rings is 2. The second-order valence-electron chi connectivity index (χ2n) is 5.88. The van der Waals surface area contributed by atoms with Crippen LogP contribution in [0.5, 0.6) is 11.5 Å². The number of ether oxygens (including phenoxy) is 2. The predicted octanol–water partition coefficient (Wildman–Crippen LogP) is 3.78. The SMILES string of the molecule is O=C(Nc1cc2c(cc1Cl)OCCO2)C1(c2ccccc2)CC1. The minimum atomic E-state index is -0.433. The second kappa shape index (κ2) is 5.46. The number of carbonyl (C=O) groups excluding carboxylic acids is 1. The Balaban J connectivity index is 1.60. The molecule has 1 aliphatic carbocycles. The van der Waals surface area contributed by atoms with Gasteiger partial charge in [-0.3, -0.25) is 4.79 Å². The van der Waals surface area contributed by atoms with Gasteiger partial charge in [0.15, 0.2) is 11.5 Å². The van der Waals surface area contributed by atoms with E-state index in [0.717, 1.165) is 18.4 Å². The highest BCUT2D eigenvalue weighted by Crippen LogP contribution is 2.49. The van der Waals surface area contributed by atoms with Crippen molar-refractivity contribution in [2.75, 3.05) is 18.5 Å². The van der Waals surface area contributed by atoms with Crippen LogP contribution < -0.4 is 14.8 Å². The third-order valence-electron chi connectivity index (χ3n) is 4.39. The Kier molecular flexibility index (Phi) is 3.42. The van der Waals surface area contributed by atoms with Crippen molar-refractivity contribution in [3.63, 3.8) is 0 Å². The summed E-state index contributed by atoms with van der Waals surface area (Å²) < 4.78 is 11.0. The number of hydrogen-bond donors (Lipinski definition) is 1. The van der Waals surface area contributed by atoms with Crippen LogP contribution in [0.4, 0.5) is 5.69 Å². The molecule has 118 valence electrons. The topological polar surface area (TPSA) is 47.6 Å². The Bertz CT molecular complexity index is 756. The lowest BCUT2D eigenvalue weighted by Crippen LogP contribution is -2.28. The van der Waals surface area contributed by atoms with Gasteiger partial charge in [-0.1, -0.05) is 41.9 Å². The van der Waals surface area contributed by atoms with Crippen molar-refractivity contribution in [2.24, 2.45) is 0 Å². The summed E-state index contributed by atoms with van der Waals surface area (Å²) in [5.74, 6) is 1.20. The van der Waals surface area contributed by atoms with Gasteiger partial charge in [0.2, 0.25) is 5.91 Å². The van der Waals surface area contributed by atoms with Crippen molar-refractivity contribution < 1.29 is 14.3 Å². The van der Waals surface area contributed by atoms with Crippen LogP contribution in [-0.4, -0.2) is 19.1 Å². The van der Waals surface area contributed by atoms with Gasteiger partial charge < -0.3 is 14.8 Å². The van der Waals surface area contributed by atoms with Gasteiger partial charge in [0.25, 0.3) is 0 Å². The summed E-state index contributed by atoms with van der Waals surface area (Å²) in [5.41, 5.74) is 1.17. The van der Waals surface area contributed by atoms with Crippen LogP contribution in [0.15, 0.2) is 42.5 Å². The molecule has 1 fully saturated rings. The zero-order valence-corrected chi connectivity index (χ0v) is 13.2. The Morgan fingerprint density at radius 2 is 1.70 bits per heavy atom. The molecule has 4 rings (SSSR count). The van der Waals surface area contributed by atoms with E-state index >= 15 is 0 Å². The monoisotopic (exact) mass is 329 g/mol. The second-order valence-corrected chi connectivity index (χ2v) is 6.29. The maximum atomic E-state index is 12.8. The minimum Gasteiger partial charge on any atom is -0.486 e. The highest BCUT2D eigenvalue weighted by atomic mass is 35.5. The summed E-state index contributed by atoms with van der Waals surface area (Å²) in [6.45, 7) is 1.00. The predicted molar refractivity (Wildman–Crippen MR) is 88.4 cm³/mol. The fourth-order valence-corrected chi connectivity index (χ4v) is 3.13. The number of rotatable bonds is 3.